The van der Waals surface area contributed by atoms with E-state index in [2.05, 4.69) is 19.9 Å². The van der Waals surface area contributed by atoms with Crippen molar-refractivity contribution in [2.24, 2.45) is 5.92 Å². The van der Waals surface area contributed by atoms with Gasteiger partial charge in [0.05, 0.1) is 24.4 Å². The highest BCUT2D eigenvalue weighted by Gasteiger charge is 2.39. The zero-order chi connectivity index (χ0) is 23.5. The largest absolute Gasteiger partial charge is 0.492 e. The monoisotopic (exact) mass is 446 g/mol. The van der Waals surface area contributed by atoms with E-state index in [0.29, 0.717) is 42.6 Å². The first-order valence-corrected chi connectivity index (χ1v) is 11.2. The molecule has 1 aromatic rings. The zero-order valence-corrected chi connectivity index (χ0v) is 19.6. The summed E-state index contributed by atoms with van der Waals surface area (Å²) >= 11 is 0. The van der Waals surface area contributed by atoms with Crippen LogP contribution in [0, 0.1) is 5.92 Å². The van der Waals surface area contributed by atoms with E-state index >= 15 is 0 Å². The second-order valence-corrected chi connectivity index (χ2v) is 9.07. The summed E-state index contributed by atoms with van der Waals surface area (Å²) in [7, 11) is 0. The normalized spacial score (nSPS) is 18.6. The maximum atomic E-state index is 12.4. The average Bonchev–Trinajstić information content (AvgIpc) is 3.16. The van der Waals surface area contributed by atoms with Gasteiger partial charge in [0.15, 0.2) is 0 Å². The highest BCUT2D eigenvalue weighted by atomic mass is 16.6. The number of ether oxygens (including phenoxy) is 4. The van der Waals surface area contributed by atoms with Gasteiger partial charge in [0.1, 0.15) is 23.4 Å². The SMILES string of the molecule is CCOC(=O)C1=CC(=CCC(C)C)c2c(cc3c(c2OCCCO)CC(C(C)(C)O)O3)O1. The van der Waals surface area contributed by atoms with Crippen LogP contribution in [0.2, 0.25) is 0 Å². The number of benzene rings is 1. The Balaban J connectivity index is 2.12. The van der Waals surface area contributed by atoms with Gasteiger partial charge >= 0.3 is 5.97 Å². The molecule has 1 aromatic carbocycles. The number of aliphatic hydroxyl groups excluding tert-OH is 1. The molecular weight excluding hydrogens is 412 g/mol. The summed E-state index contributed by atoms with van der Waals surface area (Å²) in [5.41, 5.74) is 1.36. The van der Waals surface area contributed by atoms with E-state index in [1.54, 1.807) is 32.9 Å². The molecule has 2 N–H and O–H groups in total. The number of hydrogen-bond acceptors (Lipinski definition) is 7. The summed E-state index contributed by atoms with van der Waals surface area (Å²) in [5.74, 6) is 1.60. The van der Waals surface area contributed by atoms with Gasteiger partial charge in [0, 0.05) is 31.1 Å². The quantitative estimate of drug-likeness (QED) is 0.440. The summed E-state index contributed by atoms with van der Waals surface area (Å²) in [5, 5.41) is 19.8. The number of carbonyl (C=O) groups is 1. The van der Waals surface area contributed by atoms with Gasteiger partial charge in [0.2, 0.25) is 5.76 Å². The number of hydrogen-bond donors (Lipinski definition) is 2. The highest BCUT2D eigenvalue weighted by Crippen LogP contribution is 2.50. The Morgan fingerprint density at radius 2 is 2.09 bits per heavy atom. The molecule has 1 atom stereocenters. The second kappa shape index (κ2) is 9.96. The first kappa shape index (κ1) is 24.1. The van der Waals surface area contributed by atoms with Crippen LogP contribution in [0.25, 0.3) is 5.57 Å². The van der Waals surface area contributed by atoms with Gasteiger partial charge < -0.3 is 29.2 Å². The summed E-state index contributed by atoms with van der Waals surface area (Å²) < 4.78 is 23.3. The third-order valence-electron chi connectivity index (χ3n) is 5.38. The van der Waals surface area contributed by atoms with Crippen molar-refractivity contribution >= 4 is 11.5 Å². The van der Waals surface area contributed by atoms with Gasteiger partial charge in [-0.1, -0.05) is 19.9 Å². The lowest BCUT2D eigenvalue weighted by Crippen LogP contribution is -2.39. The van der Waals surface area contributed by atoms with Gasteiger partial charge in [-0.2, -0.15) is 0 Å². The fourth-order valence-electron chi connectivity index (χ4n) is 3.67. The maximum Gasteiger partial charge on any atom is 0.374 e. The van der Waals surface area contributed by atoms with Crippen LogP contribution >= 0.6 is 0 Å². The summed E-state index contributed by atoms with van der Waals surface area (Å²) in [6, 6.07) is 1.75. The van der Waals surface area contributed by atoms with Crippen LogP contribution in [0.15, 0.2) is 24.0 Å². The molecule has 2 aliphatic rings. The molecule has 0 saturated carbocycles. The second-order valence-electron chi connectivity index (χ2n) is 9.07. The lowest BCUT2D eigenvalue weighted by atomic mass is 9.92. The Morgan fingerprint density at radius 1 is 1.34 bits per heavy atom. The molecule has 0 amide bonds. The molecule has 7 nitrogen and oxygen atoms in total. The smallest absolute Gasteiger partial charge is 0.374 e. The minimum atomic E-state index is -1.05. The molecule has 0 spiro atoms. The van der Waals surface area contributed by atoms with Crippen molar-refractivity contribution in [1.29, 1.82) is 0 Å². The first-order valence-electron chi connectivity index (χ1n) is 11.2. The molecule has 0 saturated heterocycles. The van der Waals surface area contributed by atoms with E-state index in [1.807, 2.05) is 0 Å². The van der Waals surface area contributed by atoms with E-state index in [9.17, 15) is 15.0 Å². The number of allylic oxidation sites excluding steroid dienone is 3. The van der Waals surface area contributed by atoms with E-state index in [-0.39, 0.29) is 19.0 Å². The Kier molecular flexibility index (Phi) is 7.51. The molecule has 0 radical (unpaired) electrons. The van der Waals surface area contributed by atoms with Crippen LogP contribution in [0.3, 0.4) is 0 Å². The fraction of sp³-hybridized carbons (Fsp3) is 0.560. The maximum absolute atomic E-state index is 12.4. The van der Waals surface area contributed by atoms with Crippen LogP contribution in [-0.2, 0) is 16.0 Å². The van der Waals surface area contributed by atoms with Crippen LogP contribution in [0.1, 0.15) is 58.6 Å². The topological polar surface area (TPSA) is 94.5 Å². The third-order valence-corrected chi connectivity index (χ3v) is 5.38. The molecule has 2 aliphatic heterocycles. The number of esters is 1. The van der Waals surface area contributed by atoms with Gasteiger partial charge in [-0.25, -0.2) is 4.79 Å². The van der Waals surface area contributed by atoms with Gasteiger partial charge in [-0.05, 0) is 44.8 Å². The van der Waals surface area contributed by atoms with Crippen molar-refractivity contribution in [3.05, 3.63) is 35.1 Å². The fourth-order valence-corrected chi connectivity index (χ4v) is 3.67. The van der Waals surface area contributed by atoms with Crippen molar-refractivity contribution < 1.29 is 34.0 Å². The Morgan fingerprint density at radius 3 is 2.72 bits per heavy atom. The molecule has 2 heterocycles. The zero-order valence-electron chi connectivity index (χ0n) is 19.6. The average molecular weight is 447 g/mol. The molecule has 3 rings (SSSR count). The predicted molar refractivity (Wildman–Crippen MR) is 121 cm³/mol. The Bertz CT molecular complexity index is 906. The van der Waals surface area contributed by atoms with Crippen molar-refractivity contribution in [3.63, 3.8) is 0 Å². The van der Waals surface area contributed by atoms with E-state index in [4.69, 9.17) is 18.9 Å². The molecule has 0 bridgehead atoms. The number of carbonyl (C=O) groups excluding carboxylic acids is 1. The van der Waals surface area contributed by atoms with E-state index in [1.165, 1.54) is 0 Å². The van der Waals surface area contributed by atoms with E-state index in [0.717, 1.165) is 23.1 Å². The molecule has 0 fully saturated rings. The number of rotatable bonds is 9. The molecule has 0 aliphatic carbocycles. The van der Waals surface area contributed by atoms with Gasteiger partial charge in [-0.3, -0.25) is 0 Å². The van der Waals surface area contributed by atoms with Crippen molar-refractivity contribution in [1.82, 2.24) is 0 Å². The van der Waals surface area contributed by atoms with Crippen molar-refractivity contribution in [2.45, 2.75) is 65.6 Å². The van der Waals surface area contributed by atoms with Crippen LogP contribution in [0.4, 0.5) is 0 Å². The van der Waals surface area contributed by atoms with Crippen LogP contribution in [0.5, 0.6) is 17.2 Å². The first-order chi connectivity index (χ1) is 15.2. The molecule has 176 valence electrons. The molecular formula is C25H34O7. The van der Waals surface area contributed by atoms with Crippen molar-refractivity contribution in [2.75, 3.05) is 19.8 Å². The Labute approximate surface area is 189 Å². The molecule has 1 unspecified atom stereocenters. The standard InChI is InChI=1S/C25H34O7/c1-6-29-24(27)20-12-16(9-8-15(2)3)22-19(31-20)14-18-17(23(22)30-11-7-10-26)13-21(32-18)25(4,5)28/h9,12,14-15,21,26,28H,6-8,10-11,13H2,1-5H3. The minimum Gasteiger partial charge on any atom is -0.492 e. The van der Waals surface area contributed by atoms with Crippen molar-refractivity contribution in [3.8, 4) is 17.2 Å². The molecule has 7 heteroatoms. The highest BCUT2D eigenvalue weighted by molar-refractivity contribution is 5.95. The van der Waals surface area contributed by atoms with Gasteiger partial charge in [0.25, 0.3) is 0 Å². The Hall–Kier alpha value is -2.51. The predicted octanol–water partition coefficient (Wildman–Crippen LogP) is 3.79. The van der Waals surface area contributed by atoms with Crippen LogP contribution < -0.4 is 14.2 Å². The summed E-state index contributed by atoms with van der Waals surface area (Å²) in [4.78, 5) is 12.4. The third kappa shape index (κ3) is 5.27. The van der Waals surface area contributed by atoms with Gasteiger partial charge in [-0.15, -0.1) is 0 Å². The van der Waals surface area contributed by atoms with E-state index < -0.39 is 17.7 Å². The lowest BCUT2D eigenvalue weighted by Gasteiger charge is -2.24. The van der Waals surface area contributed by atoms with Crippen LogP contribution in [-0.4, -0.2) is 47.7 Å². The molecule has 0 aromatic heterocycles. The summed E-state index contributed by atoms with van der Waals surface area (Å²) in [6.07, 6.45) is 5.08. The number of aliphatic hydroxyl groups is 2. The lowest BCUT2D eigenvalue weighted by molar-refractivity contribution is -0.141. The molecule has 32 heavy (non-hydrogen) atoms. The summed E-state index contributed by atoms with van der Waals surface area (Å²) in [6.45, 7) is 9.98. The minimum absolute atomic E-state index is 0.0134. The number of fused-ring (bicyclic) bond motifs is 2.